The molecule has 3 nitrogen and oxygen atoms in total. The van der Waals surface area contributed by atoms with Crippen molar-refractivity contribution in [2.75, 3.05) is 6.26 Å². The molecule has 0 spiro atoms. The van der Waals surface area contributed by atoms with Crippen molar-refractivity contribution in [3.05, 3.63) is 58.6 Å². The number of thioether (sulfide) groups is 2. The minimum absolute atomic E-state index is 0.535. The topological polar surface area (TPSA) is 38.9 Å². The lowest BCUT2D eigenvalue weighted by molar-refractivity contribution is 0.465. The highest BCUT2D eigenvalue weighted by Crippen LogP contribution is 2.30. The van der Waals surface area contributed by atoms with Crippen molar-refractivity contribution in [2.45, 2.75) is 15.9 Å². The van der Waals surface area contributed by atoms with E-state index in [1.807, 2.05) is 24.3 Å². The number of hydrogen-bond acceptors (Lipinski definition) is 5. The average molecular weight is 393 g/mol. The van der Waals surface area contributed by atoms with Crippen molar-refractivity contribution >= 4 is 39.5 Å². The van der Waals surface area contributed by atoms with Gasteiger partial charge in [-0.3, -0.25) is 0 Å². The van der Waals surface area contributed by atoms with E-state index in [0.29, 0.717) is 11.1 Å². The summed E-state index contributed by atoms with van der Waals surface area (Å²) in [5, 5.41) is 8.80. The molecule has 0 bridgehead atoms. The molecule has 0 aliphatic carbocycles. The third-order valence-corrected chi connectivity index (χ3v) is 5.36. The van der Waals surface area contributed by atoms with Crippen LogP contribution in [0.15, 0.2) is 67.5 Å². The lowest BCUT2D eigenvalue weighted by Crippen LogP contribution is -1.80. The maximum absolute atomic E-state index is 5.72. The summed E-state index contributed by atoms with van der Waals surface area (Å²) in [7, 11) is 0. The summed E-state index contributed by atoms with van der Waals surface area (Å²) in [6.07, 6.45) is 2.07. The zero-order valence-electron chi connectivity index (χ0n) is 11.8. The molecule has 1 aromatic heterocycles. The summed E-state index contributed by atoms with van der Waals surface area (Å²) in [4.78, 5) is 1.27. The molecule has 0 aliphatic rings. The third kappa shape index (κ3) is 3.74. The Hall–Kier alpha value is -1.24. The molecule has 0 amide bonds. The van der Waals surface area contributed by atoms with Gasteiger partial charge in [-0.15, -0.1) is 22.0 Å². The fraction of sp³-hybridized carbons (Fsp3) is 0.125. The summed E-state index contributed by atoms with van der Waals surface area (Å²) < 4.78 is 6.67. The summed E-state index contributed by atoms with van der Waals surface area (Å²) in [5.41, 5.74) is 2.15. The quantitative estimate of drug-likeness (QED) is 0.534. The van der Waals surface area contributed by atoms with Crippen LogP contribution >= 0.6 is 39.5 Å². The smallest absolute Gasteiger partial charge is 0.277 e. The van der Waals surface area contributed by atoms with Crippen molar-refractivity contribution in [2.24, 2.45) is 0 Å². The normalized spacial score (nSPS) is 10.8. The zero-order chi connectivity index (χ0) is 15.4. The van der Waals surface area contributed by atoms with Crippen LogP contribution in [0.2, 0.25) is 0 Å². The Morgan fingerprint density at radius 1 is 1.05 bits per heavy atom. The molecule has 0 saturated carbocycles. The molecule has 3 rings (SSSR count). The molecule has 0 atom stereocenters. The van der Waals surface area contributed by atoms with Crippen molar-refractivity contribution in [1.29, 1.82) is 0 Å². The van der Waals surface area contributed by atoms with Gasteiger partial charge in [-0.2, -0.15) is 0 Å². The monoisotopic (exact) mass is 392 g/mol. The van der Waals surface area contributed by atoms with Crippen molar-refractivity contribution in [3.8, 4) is 11.5 Å². The van der Waals surface area contributed by atoms with E-state index in [-0.39, 0.29) is 0 Å². The Bertz CT molecular complexity index is 759. The van der Waals surface area contributed by atoms with E-state index in [9.17, 15) is 0 Å². The van der Waals surface area contributed by atoms with Crippen LogP contribution < -0.4 is 0 Å². The van der Waals surface area contributed by atoms with Crippen LogP contribution in [0.3, 0.4) is 0 Å². The maximum atomic E-state index is 5.72. The van der Waals surface area contributed by atoms with Gasteiger partial charge in [0, 0.05) is 15.1 Å². The Morgan fingerprint density at radius 3 is 2.55 bits per heavy atom. The largest absolute Gasteiger partial charge is 0.411 e. The number of rotatable bonds is 5. The second-order valence-corrected chi connectivity index (χ2v) is 7.15. The van der Waals surface area contributed by atoms with Crippen LogP contribution in [-0.2, 0) is 5.75 Å². The van der Waals surface area contributed by atoms with Crippen molar-refractivity contribution in [1.82, 2.24) is 10.2 Å². The van der Waals surface area contributed by atoms with Gasteiger partial charge < -0.3 is 4.42 Å². The molecule has 2 aromatic carbocycles. The van der Waals surface area contributed by atoms with E-state index >= 15 is 0 Å². The first-order chi connectivity index (χ1) is 10.8. The second-order valence-electron chi connectivity index (χ2n) is 4.49. The SMILES string of the molecule is CSc1ccc(CSc2nnc(-c3ccccc3Br)o2)cc1. The molecule has 6 heteroatoms. The van der Waals surface area contributed by atoms with Gasteiger partial charge in [0.15, 0.2) is 0 Å². The predicted octanol–water partition coefficient (Wildman–Crippen LogP) is 5.51. The minimum atomic E-state index is 0.535. The van der Waals surface area contributed by atoms with Crippen LogP contribution in [0.1, 0.15) is 5.56 Å². The van der Waals surface area contributed by atoms with E-state index in [4.69, 9.17) is 4.42 Å². The first-order valence-corrected chi connectivity index (χ1v) is 9.61. The van der Waals surface area contributed by atoms with Crippen LogP contribution in [0.4, 0.5) is 0 Å². The Balaban J connectivity index is 1.68. The first-order valence-electron chi connectivity index (χ1n) is 6.60. The van der Waals surface area contributed by atoms with Crippen LogP contribution in [0.5, 0.6) is 0 Å². The van der Waals surface area contributed by atoms with E-state index in [1.54, 1.807) is 23.5 Å². The number of benzene rings is 2. The molecule has 0 radical (unpaired) electrons. The summed E-state index contributed by atoms with van der Waals surface area (Å²) in [6.45, 7) is 0. The molecule has 0 N–H and O–H groups in total. The van der Waals surface area contributed by atoms with E-state index in [2.05, 4.69) is 56.6 Å². The van der Waals surface area contributed by atoms with Crippen LogP contribution in [0, 0.1) is 0 Å². The fourth-order valence-electron chi connectivity index (χ4n) is 1.88. The van der Waals surface area contributed by atoms with E-state index in [0.717, 1.165) is 15.8 Å². The molecule has 0 unspecified atom stereocenters. The molecular formula is C16H13BrN2OS2. The highest BCUT2D eigenvalue weighted by atomic mass is 79.9. The van der Waals surface area contributed by atoms with Gasteiger partial charge >= 0.3 is 0 Å². The number of aromatic nitrogens is 2. The van der Waals surface area contributed by atoms with Gasteiger partial charge in [0.05, 0.1) is 5.56 Å². The summed E-state index contributed by atoms with van der Waals surface area (Å²) in [5.74, 6) is 1.35. The fourth-order valence-corrected chi connectivity index (χ4v) is 3.46. The van der Waals surface area contributed by atoms with Crippen molar-refractivity contribution < 1.29 is 4.42 Å². The minimum Gasteiger partial charge on any atom is -0.411 e. The molecule has 0 aliphatic heterocycles. The number of halogens is 1. The van der Waals surface area contributed by atoms with Gasteiger partial charge in [-0.1, -0.05) is 36.0 Å². The summed E-state index contributed by atoms with van der Waals surface area (Å²) in [6, 6.07) is 16.3. The standard InChI is InChI=1S/C16H13BrN2OS2/c1-21-12-8-6-11(7-9-12)10-22-16-19-18-15(20-16)13-4-2-3-5-14(13)17/h2-9H,10H2,1H3. The molecule has 0 fully saturated rings. The molecule has 112 valence electrons. The van der Waals surface area contributed by atoms with Gasteiger partial charge in [0.2, 0.25) is 5.89 Å². The molecule has 1 heterocycles. The highest BCUT2D eigenvalue weighted by molar-refractivity contribution is 9.10. The predicted molar refractivity (Wildman–Crippen MR) is 95.2 cm³/mol. The Labute approximate surface area is 146 Å². The number of nitrogens with zero attached hydrogens (tertiary/aromatic N) is 2. The van der Waals surface area contributed by atoms with E-state index in [1.165, 1.54) is 10.5 Å². The maximum Gasteiger partial charge on any atom is 0.277 e. The lowest BCUT2D eigenvalue weighted by atomic mass is 10.2. The highest BCUT2D eigenvalue weighted by Gasteiger charge is 2.11. The number of hydrogen-bond donors (Lipinski definition) is 0. The van der Waals surface area contributed by atoms with Gasteiger partial charge in [0.1, 0.15) is 0 Å². The molecule has 0 saturated heterocycles. The molecule has 3 aromatic rings. The van der Waals surface area contributed by atoms with Crippen LogP contribution in [-0.4, -0.2) is 16.5 Å². The van der Waals surface area contributed by atoms with Crippen molar-refractivity contribution in [3.63, 3.8) is 0 Å². The average Bonchev–Trinajstić information content (AvgIpc) is 3.02. The second kappa shape index (κ2) is 7.35. The third-order valence-electron chi connectivity index (χ3n) is 3.03. The molecule has 22 heavy (non-hydrogen) atoms. The van der Waals surface area contributed by atoms with Gasteiger partial charge in [0.25, 0.3) is 5.22 Å². The first kappa shape index (κ1) is 15.6. The van der Waals surface area contributed by atoms with Gasteiger partial charge in [-0.05, 0) is 52.0 Å². The Kier molecular flexibility index (Phi) is 5.23. The lowest BCUT2D eigenvalue weighted by Gasteiger charge is -2.00. The zero-order valence-corrected chi connectivity index (χ0v) is 15.0. The molecular weight excluding hydrogens is 380 g/mol. The van der Waals surface area contributed by atoms with E-state index < -0.39 is 0 Å². The summed E-state index contributed by atoms with van der Waals surface area (Å²) >= 11 is 6.78. The van der Waals surface area contributed by atoms with Crippen LogP contribution in [0.25, 0.3) is 11.5 Å². The Morgan fingerprint density at radius 2 is 1.82 bits per heavy atom. The van der Waals surface area contributed by atoms with Gasteiger partial charge in [-0.25, -0.2) is 0 Å².